The Morgan fingerprint density at radius 3 is 2.69 bits per heavy atom. The Labute approximate surface area is 95.6 Å². The Bertz CT molecular complexity index is 415. The summed E-state index contributed by atoms with van der Waals surface area (Å²) in [5, 5.41) is 4.48. The fourth-order valence-electron chi connectivity index (χ4n) is 2.07. The summed E-state index contributed by atoms with van der Waals surface area (Å²) in [5.74, 6) is -0.103. The van der Waals surface area contributed by atoms with Crippen molar-refractivity contribution in [1.82, 2.24) is 9.78 Å². The van der Waals surface area contributed by atoms with Gasteiger partial charge in [0, 0.05) is 30.6 Å². The summed E-state index contributed by atoms with van der Waals surface area (Å²) >= 11 is 0. The van der Waals surface area contributed by atoms with E-state index in [0.717, 1.165) is 17.7 Å². The van der Waals surface area contributed by atoms with Crippen LogP contribution in [0.15, 0.2) is 6.20 Å². The Kier molecular flexibility index (Phi) is 2.52. The van der Waals surface area contributed by atoms with Crippen LogP contribution in [-0.2, 0) is 22.0 Å². The van der Waals surface area contributed by atoms with Crippen molar-refractivity contribution in [3.63, 3.8) is 0 Å². The smallest absolute Gasteiger partial charge is 0.306 e. The van der Waals surface area contributed by atoms with Crippen molar-refractivity contribution in [1.29, 1.82) is 0 Å². The Hall–Kier alpha value is -1.32. The number of carbonyl (C=O) groups excluding carboxylic acids is 1. The lowest BCUT2D eigenvalue weighted by Crippen LogP contribution is -2.16. The van der Waals surface area contributed by atoms with Gasteiger partial charge in [-0.15, -0.1) is 0 Å². The minimum Gasteiger partial charge on any atom is -0.457 e. The van der Waals surface area contributed by atoms with Crippen molar-refractivity contribution in [3.8, 4) is 0 Å². The molecule has 2 heterocycles. The first-order valence-electron chi connectivity index (χ1n) is 5.61. The monoisotopic (exact) mass is 222 g/mol. The molecule has 1 aromatic rings. The van der Waals surface area contributed by atoms with Gasteiger partial charge in [0.2, 0.25) is 0 Å². The summed E-state index contributed by atoms with van der Waals surface area (Å²) in [6.45, 7) is 6.36. The first-order valence-corrected chi connectivity index (χ1v) is 5.61. The Morgan fingerprint density at radius 2 is 2.19 bits per heavy atom. The Balaban J connectivity index is 2.37. The molecule has 1 unspecified atom stereocenters. The topological polar surface area (TPSA) is 44.1 Å². The van der Waals surface area contributed by atoms with E-state index in [1.807, 2.05) is 13.2 Å². The molecule has 0 bridgehead atoms. The fourth-order valence-corrected chi connectivity index (χ4v) is 2.07. The minimum atomic E-state index is -0.103. The molecule has 0 amide bonds. The number of nitrogens with zero attached hydrogens (tertiary/aromatic N) is 2. The summed E-state index contributed by atoms with van der Waals surface area (Å²) in [7, 11) is 1.90. The van der Waals surface area contributed by atoms with Crippen LogP contribution in [0.2, 0.25) is 0 Å². The molecule has 0 aliphatic carbocycles. The van der Waals surface area contributed by atoms with Gasteiger partial charge in [-0.05, 0) is 6.42 Å². The maximum absolute atomic E-state index is 11.1. The fraction of sp³-hybridized carbons (Fsp3) is 0.667. The highest BCUT2D eigenvalue weighted by molar-refractivity contribution is 5.71. The molecule has 4 heteroatoms. The van der Waals surface area contributed by atoms with Crippen LogP contribution in [0.5, 0.6) is 0 Å². The van der Waals surface area contributed by atoms with Crippen LogP contribution in [0.1, 0.15) is 51.0 Å². The molecule has 1 fully saturated rings. The molecule has 1 aliphatic heterocycles. The molecule has 0 radical (unpaired) electrons. The van der Waals surface area contributed by atoms with E-state index >= 15 is 0 Å². The van der Waals surface area contributed by atoms with Gasteiger partial charge in [-0.3, -0.25) is 9.48 Å². The molecule has 1 aliphatic rings. The van der Waals surface area contributed by atoms with Crippen LogP contribution in [-0.4, -0.2) is 15.7 Å². The lowest BCUT2D eigenvalue weighted by atomic mass is 9.88. The number of hydrogen-bond acceptors (Lipinski definition) is 3. The second kappa shape index (κ2) is 3.61. The van der Waals surface area contributed by atoms with Gasteiger partial charge in [0.15, 0.2) is 0 Å². The van der Waals surface area contributed by atoms with Crippen molar-refractivity contribution >= 4 is 5.97 Å². The van der Waals surface area contributed by atoms with E-state index in [9.17, 15) is 4.79 Å². The van der Waals surface area contributed by atoms with Crippen LogP contribution in [0, 0.1) is 0 Å². The third-order valence-corrected chi connectivity index (χ3v) is 2.80. The molecule has 88 valence electrons. The normalized spacial score (nSPS) is 21.2. The highest BCUT2D eigenvalue weighted by Gasteiger charge is 2.32. The third-order valence-electron chi connectivity index (χ3n) is 2.80. The SMILES string of the molecule is Cn1cc(C2CCC(=O)O2)c(C(C)(C)C)n1. The van der Waals surface area contributed by atoms with E-state index in [-0.39, 0.29) is 17.5 Å². The maximum atomic E-state index is 11.1. The first kappa shape index (κ1) is 11.2. The summed E-state index contributed by atoms with van der Waals surface area (Å²) in [5.41, 5.74) is 2.06. The second-order valence-electron chi connectivity index (χ2n) is 5.37. The molecule has 1 aromatic heterocycles. The van der Waals surface area contributed by atoms with Crippen molar-refractivity contribution in [2.45, 2.75) is 45.1 Å². The molecule has 1 saturated heterocycles. The van der Waals surface area contributed by atoms with Crippen molar-refractivity contribution in [2.75, 3.05) is 0 Å². The van der Waals surface area contributed by atoms with Gasteiger partial charge in [-0.2, -0.15) is 5.10 Å². The van der Waals surface area contributed by atoms with Crippen molar-refractivity contribution in [3.05, 3.63) is 17.5 Å². The number of cyclic esters (lactones) is 1. The zero-order chi connectivity index (χ0) is 11.9. The molecular formula is C12H18N2O2. The van der Waals surface area contributed by atoms with Gasteiger partial charge in [-0.1, -0.05) is 20.8 Å². The second-order valence-corrected chi connectivity index (χ2v) is 5.37. The van der Waals surface area contributed by atoms with Crippen LogP contribution >= 0.6 is 0 Å². The Morgan fingerprint density at radius 1 is 1.50 bits per heavy atom. The number of rotatable bonds is 1. The van der Waals surface area contributed by atoms with Gasteiger partial charge < -0.3 is 4.74 Å². The average Bonchev–Trinajstić information content (AvgIpc) is 2.70. The standard InChI is InChI=1S/C12H18N2O2/c1-12(2,3)11-8(7-14(4)13-11)9-5-6-10(15)16-9/h7,9H,5-6H2,1-4H3. The number of ether oxygens (including phenoxy) is 1. The lowest BCUT2D eigenvalue weighted by Gasteiger charge is -2.19. The first-order chi connectivity index (χ1) is 7.38. The molecule has 0 saturated carbocycles. The van der Waals surface area contributed by atoms with Gasteiger partial charge in [0.05, 0.1) is 5.69 Å². The number of aromatic nitrogens is 2. The third kappa shape index (κ3) is 1.96. The molecule has 2 rings (SSSR count). The predicted molar refractivity (Wildman–Crippen MR) is 60.0 cm³/mol. The summed E-state index contributed by atoms with van der Waals surface area (Å²) < 4.78 is 7.10. The lowest BCUT2D eigenvalue weighted by molar-refractivity contribution is -0.141. The van der Waals surface area contributed by atoms with Crippen LogP contribution in [0.4, 0.5) is 0 Å². The molecule has 0 N–H and O–H groups in total. The maximum Gasteiger partial charge on any atom is 0.306 e. The van der Waals surface area contributed by atoms with Crippen LogP contribution in [0.25, 0.3) is 0 Å². The molecule has 0 aromatic carbocycles. The van der Waals surface area contributed by atoms with Crippen LogP contribution < -0.4 is 0 Å². The van der Waals surface area contributed by atoms with Gasteiger partial charge in [0.25, 0.3) is 0 Å². The summed E-state index contributed by atoms with van der Waals surface area (Å²) in [6.07, 6.45) is 3.15. The van der Waals surface area contributed by atoms with Crippen molar-refractivity contribution in [2.24, 2.45) is 7.05 Å². The largest absolute Gasteiger partial charge is 0.457 e. The quantitative estimate of drug-likeness (QED) is 0.683. The predicted octanol–water partition coefficient (Wildman–Crippen LogP) is 2.10. The van der Waals surface area contributed by atoms with Crippen molar-refractivity contribution < 1.29 is 9.53 Å². The van der Waals surface area contributed by atoms with E-state index < -0.39 is 0 Å². The zero-order valence-electron chi connectivity index (χ0n) is 10.3. The van der Waals surface area contributed by atoms with E-state index in [1.54, 1.807) is 4.68 Å². The van der Waals surface area contributed by atoms with Gasteiger partial charge in [0.1, 0.15) is 6.10 Å². The van der Waals surface area contributed by atoms with Gasteiger partial charge in [-0.25, -0.2) is 0 Å². The van der Waals surface area contributed by atoms with E-state index in [2.05, 4.69) is 25.9 Å². The molecule has 1 atom stereocenters. The number of hydrogen-bond donors (Lipinski definition) is 0. The van der Waals surface area contributed by atoms with Crippen LogP contribution in [0.3, 0.4) is 0 Å². The van der Waals surface area contributed by atoms with E-state index in [4.69, 9.17) is 4.74 Å². The number of esters is 1. The summed E-state index contributed by atoms with van der Waals surface area (Å²) in [6, 6.07) is 0. The minimum absolute atomic E-state index is 0.0222. The number of aryl methyl sites for hydroxylation is 1. The highest BCUT2D eigenvalue weighted by Crippen LogP contribution is 2.35. The zero-order valence-corrected chi connectivity index (χ0v) is 10.3. The highest BCUT2D eigenvalue weighted by atomic mass is 16.5. The average molecular weight is 222 g/mol. The number of carbonyl (C=O) groups is 1. The van der Waals surface area contributed by atoms with E-state index in [1.165, 1.54) is 0 Å². The molecular weight excluding hydrogens is 204 g/mol. The molecule has 4 nitrogen and oxygen atoms in total. The summed E-state index contributed by atoms with van der Waals surface area (Å²) in [4.78, 5) is 11.1. The molecule has 0 spiro atoms. The molecule has 16 heavy (non-hydrogen) atoms. The van der Waals surface area contributed by atoms with E-state index in [0.29, 0.717) is 6.42 Å². The van der Waals surface area contributed by atoms with Gasteiger partial charge >= 0.3 is 5.97 Å².